The highest BCUT2D eigenvalue weighted by atomic mass is 35.5. The highest BCUT2D eigenvalue weighted by molar-refractivity contribution is 5.85. The second kappa shape index (κ2) is 8.39. The van der Waals surface area contributed by atoms with Crippen LogP contribution in [0.15, 0.2) is 0 Å². The number of nitrogens with one attached hydrogen (secondary N) is 1. The molecule has 0 saturated carbocycles. The fourth-order valence-corrected chi connectivity index (χ4v) is 0.669. The maximum Gasteiger partial charge on any atom is 0.506 e. The highest BCUT2D eigenvalue weighted by Gasteiger charge is 2.14. The summed E-state index contributed by atoms with van der Waals surface area (Å²) in [5.74, 6) is 0. The Morgan fingerprint density at radius 1 is 1.36 bits per heavy atom. The molecule has 7 nitrogen and oxygen atoms in total. The van der Waals surface area contributed by atoms with Crippen LogP contribution in [0.5, 0.6) is 0 Å². The molecule has 0 fully saturated rings. The van der Waals surface area contributed by atoms with Crippen LogP contribution in [0.25, 0.3) is 0 Å². The SMILES string of the molecule is CNCC(COC(=O)O)OC(=O)O.Cl. The molecule has 0 aromatic heterocycles. The molecule has 1 atom stereocenters. The summed E-state index contributed by atoms with van der Waals surface area (Å²) in [6.45, 7) is -0.123. The first-order valence-electron chi connectivity index (χ1n) is 3.46. The minimum Gasteiger partial charge on any atom is -0.450 e. The van der Waals surface area contributed by atoms with Crippen molar-refractivity contribution in [2.45, 2.75) is 6.10 Å². The normalized spacial score (nSPS) is 10.9. The summed E-state index contributed by atoms with van der Waals surface area (Å²) in [6.07, 6.45) is -3.75. The topological polar surface area (TPSA) is 105 Å². The molecule has 0 spiro atoms. The molecule has 0 saturated heterocycles. The molecular weight excluding hydrogens is 218 g/mol. The van der Waals surface area contributed by atoms with E-state index in [0.29, 0.717) is 0 Å². The van der Waals surface area contributed by atoms with Crippen LogP contribution in [0, 0.1) is 0 Å². The predicted octanol–water partition coefficient (Wildman–Crippen LogP) is 0.385. The van der Waals surface area contributed by atoms with Crippen molar-refractivity contribution in [3.63, 3.8) is 0 Å². The van der Waals surface area contributed by atoms with Crippen molar-refractivity contribution < 1.29 is 29.3 Å². The summed E-state index contributed by atoms with van der Waals surface area (Å²) in [5, 5.41) is 19.0. The van der Waals surface area contributed by atoms with E-state index < -0.39 is 18.4 Å². The van der Waals surface area contributed by atoms with Gasteiger partial charge in [-0.2, -0.15) is 0 Å². The van der Waals surface area contributed by atoms with E-state index in [-0.39, 0.29) is 25.6 Å². The third-order valence-electron chi connectivity index (χ3n) is 1.09. The number of halogens is 1. The molecule has 1 unspecified atom stereocenters. The van der Waals surface area contributed by atoms with Gasteiger partial charge in [0.05, 0.1) is 0 Å². The minimum atomic E-state index is -1.46. The van der Waals surface area contributed by atoms with Gasteiger partial charge in [0.15, 0.2) is 6.10 Å². The Kier molecular flexibility index (Phi) is 9.15. The van der Waals surface area contributed by atoms with Crippen molar-refractivity contribution >= 4 is 24.7 Å². The lowest BCUT2D eigenvalue weighted by Gasteiger charge is -2.13. The Morgan fingerprint density at radius 2 is 1.93 bits per heavy atom. The van der Waals surface area contributed by atoms with Gasteiger partial charge in [-0.15, -0.1) is 12.4 Å². The average molecular weight is 230 g/mol. The first kappa shape index (κ1) is 15.3. The van der Waals surface area contributed by atoms with Gasteiger partial charge in [-0.25, -0.2) is 9.59 Å². The number of hydrogen-bond acceptors (Lipinski definition) is 5. The summed E-state index contributed by atoms with van der Waals surface area (Å²) in [7, 11) is 1.58. The number of likely N-dealkylation sites (N-methyl/N-ethyl adjacent to an activating group) is 1. The van der Waals surface area contributed by atoms with Crippen LogP contribution in [-0.2, 0) is 9.47 Å². The number of carboxylic acid groups (broad SMARTS) is 2. The summed E-state index contributed by atoms with van der Waals surface area (Å²) in [4.78, 5) is 20.0. The molecule has 0 heterocycles. The molecule has 0 aliphatic heterocycles. The van der Waals surface area contributed by atoms with E-state index in [9.17, 15) is 9.59 Å². The lowest BCUT2D eigenvalue weighted by Crippen LogP contribution is -2.33. The molecule has 0 rings (SSSR count). The Bertz CT molecular complexity index is 187. The maximum atomic E-state index is 10.1. The van der Waals surface area contributed by atoms with Crippen LogP contribution < -0.4 is 5.32 Å². The lowest BCUT2D eigenvalue weighted by molar-refractivity contribution is 0.00614. The molecule has 3 N–H and O–H groups in total. The van der Waals surface area contributed by atoms with Crippen LogP contribution in [0.3, 0.4) is 0 Å². The Labute approximate surface area is 86.4 Å². The Morgan fingerprint density at radius 3 is 2.29 bits per heavy atom. The molecule has 0 aromatic carbocycles. The largest absolute Gasteiger partial charge is 0.506 e. The third kappa shape index (κ3) is 8.88. The van der Waals surface area contributed by atoms with Gasteiger partial charge in [0.1, 0.15) is 6.61 Å². The molecule has 0 amide bonds. The quantitative estimate of drug-likeness (QED) is 0.586. The van der Waals surface area contributed by atoms with E-state index in [2.05, 4.69) is 14.8 Å². The third-order valence-corrected chi connectivity index (χ3v) is 1.09. The van der Waals surface area contributed by atoms with E-state index in [0.717, 1.165) is 0 Å². The van der Waals surface area contributed by atoms with Gasteiger partial charge >= 0.3 is 12.3 Å². The fraction of sp³-hybridized carbons (Fsp3) is 0.667. The molecule has 0 bridgehead atoms. The van der Waals surface area contributed by atoms with Gasteiger partial charge in [-0.05, 0) is 7.05 Å². The van der Waals surface area contributed by atoms with Crippen LogP contribution in [0.2, 0.25) is 0 Å². The van der Waals surface area contributed by atoms with E-state index in [1.54, 1.807) is 7.05 Å². The van der Waals surface area contributed by atoms with Crippen molar-refractivity contribution in [1.82, 2.24) is 5.32 Å². The molecule has 8 heteroatoms. The lowest BCUT2D eigenvalue weighted by atomic mass is 10.4. The first-order chi connectivity index (χ1) is 6.06. The van der Waals surface area contributed by atoms with E-state index >= 15 is 0 Å². The molecule has 0 aromatic rings. The van der Waals surface area contributed by atoms with Gasteiger partial charge in [-0.3, -0.25) is 0 Å². The molecule has 0 aliphatic carbocycles. The van der Waals surface area contributed by atoms with Crippen molar-refractivity contribution in [2.75, 3.05) is 20.2 Å². The fourth-order valence-electron chi connectivity index (χ4n) is 0.669. The van der Waals surface area contributed by atoms with Crippen molar-refractivity contribution in [2.24, 2.45) is 0 Å². The van der Waals surface area contributed by atoms with Crippen LogP contribution >= 0.6 is 12.4 Å². The minimum absolute atomic E-state index is 0. The zero-order chi connectivity index (χ0) is 10.3. The zero-order valence-corrected chi connectivity index (χ0v) is 8.24. The first-order valence-corrected chi connectivity index (χ1v) is 3.46. The maximum absolute atomic E-state index is 10.1. The molecule has 0 aliphatic rings. The summed E-state index contributed by atoms with van der Waals surface area (Å²) >= 11 is 0. The summed E-state index contributed by atoms with van der Waals surface area (Å²) in [6, 6.07) is 0. The predicted molar refractivity (Wildman–Crippen MR) is 48.0 cm³/mol. The zero-order valence-electron chi connectivity index (χ0n) is 7.43. The van der Waals surface area contributed by atoms with Crippen molar-refractivity contribution in [1.29, 1.82) is 0 Å². The van der Waals surface area contributed by atoms with E-state index in [1.165, 1.54) is 0 Å². The van der Waals surface area contributed by atoms with Crippen LogP contribution in [-0.4, -0.2) is 48.8 Å². The molecular formula is C6H12ClNO6. The number of ether oxygens (including phenoxy) is 2. The Hall–Kier alpha value is -1.21. The van der Waals surface area contributed by atoms with Gasteiger partial charge in [0, 0.05) is 6.54 Å². The number of carbonyl (C=O) groups is 2. The molecule has 14 heavy (non-hydrogen) atoms. The van der Waals surface area contributed by atoms with Gasteiger partial charge in [0.25, 0.3) is 0 Å². The van der Waals surface area contributed by atoms with Gasteiger partial charge in [0.2, 0.25) is 0 Å². The molecule has 0 radical (unpaired) electrons. The smallest absolute Gasteiger partial charge is 0.450 e. The summed E-state index contributed by atoms with van der Waals surface area (Å²) < 4.78 is 8.45. The highest BCUT2D eigenvalue weighted by Crippen LogP contribution is 1.93. The second-order valence-corrected chi connectivity index (χ2v) is 2.14. The van der Waals surface area contributed by atoms with Gasteiger partial charge < -0.3 is 25.0 Å². The van der Waals surface area contributed by atoms with Crippen molar-refractivity contribution in [3.05, 3.63) is 0 Å². The number of rotatable bonds is 5. The number of hydrogen-bond donors (Lipinski definition) is 3. The standard InChI is InChI=1S/C6H11NO6.ClH/c1-7-2-4(13-6(10)11)3-12-5(8)9;/h4,7H,2-3H2,1H3,(H,8,9)(H,10,11);1H. The van der Waals surface area contributed by atoms with Gasteiger partial charge in [-0.1, -0.05) is 0 Å². The summed E-state index contributed by atoms with van der Waals surface area (Å²) in [5.41, 5.74) is 0. The molecule has 84 valence electrons. The average Bonchev–Trinajstić information content (AvgIpc) is 1.99. The monoisotopic (exact) mass is 229 g/mol. The van der Waals surface area contributed by atoms with Crippen LogP contribution in [0.1, 0.15) is 0 Å². The second-order valence-electron chi connectivity index (χ2n) is 2.14. The van der Waals surface area contributed by atoms with E-state index in [1.807, 2.05) is 0 Å². The van der Waals surface area contributed by atoms with Crippen LogP contribution in [0.4, 0.5) is 9.59 Å². The van der Waals surface area contributed by atoms with Crippen molar-refractivity contribution in [3.8, 4) is 0 Å². The Balaban J connectivity index is 0. The van der Waals surface area contributed by atoms with E-state index in [4.69, 9.17) is 10.2 Å².